The van der Waals surface area contributed by atoms with Gasteiger partial charge in [-0.3, -0.25) is 0 Å². The summed E-state index contributed by atoms with van der Waals surface area (Å²) in [6, 6.07) is 2.88. The quantitative estimate of drug-likeness (QED) is 0.868. The second kappa shape index (κ2) is 6.06. The van der Waals surface area contributed by atoms with Crippen LogP contribution in [-0.4, -0.2) is 43.6 Å². The average Bonchev–Trinajstić information content (AvgIpc) is 2.72. The van der Waals surface area contributed by atoms with Crippen LogP contribution in [0.25, 0.3) is 11.0 Å². The van der Waals surface area contributed by atoms with E-state index < -0.39 is 5.82 Å². The molecular formula is C13H18FN3O3. The molecule has 0 radical (unpaired) electrons. The summed E-state index contributed by atoms with van der Waals surface area (Å²) in [7, 11) is 4.61. The minimum Gasteiger partial charge on any atom is -0.494 e. The molecule has 6 nitrogen and oxygen atoms in total. The number of fused-ring (bicyclic) bond motifs is 1. The van der Waals surface area contributed by atoms with Gasteiger partial charge in [0.15, 0.2) is 11.6 Å². The number of ether oxygens (including phenoxy) is 3. The number of anilines is 1. The van der Waals surface area contributed by atoms with Crippen molar-refractivity contribution in [1.29, 1.82) is 0 Å². The normalized spacial score (nSPS) is 12.8. The van der Waals surface area contributed by atoms with Crippen LogP contribution in [0.15, 0.2) is 12.1 Å². The van der Waals surface area contributed by atoms with E-state index in [2.05, 4.69) is 4.98 Å². The number of nitrogen functional groups attached to an aromatic ring is 1. The van der Waals surface area contributed by atoms with Crippen LogP contribution >= 0.6 is 0 Å². The molecule has 1 aromatic heterocycles. The number of hydrogen-bond acceptors (Lipinski definition) is 5. The van der Waals surface area contributed by atoms with Gasteiger partial charge in [-0.1, -0.05) is 0 Å². The molecule has 1 aromatic carbocycles. The summed E-state index contributed by atoms with van der Waals surface area (Å²) in [4.78, 5) is 4.15. The second-order valence-electron chi connectivity index (χ2n) is 4.37. The van der Waals surface area contributed by atoms with Crippen LogP contribution in [0.5, 0.6) is 5.75 Å². The maximum atomic E-state index is 13.7. The van der Waals surface area contributed by atoms with E-state index in [9.17, 15) is 4.39 Å². The fourth-order valence-corrected chi connectivity index (χ4v) is 2.08. The van der Waals surface area contributed by atoms with Crippen molar-refractivity contribution in [2.24, 2.45) is 0 Å². The molecule has 2 aromatic rings. The fourth-order valence-electron chi connectivity index (χ4n) is 2.08. The molecule has 0 bridgehead atoms. The zero-order valence-corrected chi connectivity index (χ0v) is 11.7. The number of methoxy groups -OCH3 is 3. The Labute approximate surface area is 116 Å². The number of nitrogens with zero attached hydrogens (tertiary/aromatic N) is 2. The van der Waals surface area contributed by atoms with Crippen LogP contribution in [0.1, 0.15) is 0 Å². The van der Waals surface area contributed by atoms with E-state index in [1.54, 1.807) is 24.9 Å². The molecular weight excluding hydrogens is 265 g/mol. The number of rotatable bonds is 6. The molecule has 0 fully saturated rings. The highest BCUT2D eigenvalue weighted by Crippen LogP contribution is 2.26. The lowest BCUT2D eigenvalue weighted by Gasteiger charge is -2.16. The molecule has 7 heteroatoms. The highest BCUT2D eigenvalue weighted by atomic mass is 19.1. The molecule has 2 rings (SSSR count). The summed E-state index contributed by atoms with van der Waals surface area (Å²) in [5, 5.41) is 0. The van der Waals surface area contributed by atoms with Gasteiger partial charge < -0.3 is 24.5 Å². The lowest BCUT2D eigenvalue weighted by atomic mass is 10.2. The number of halogens is 1. The Morgan fingerprint density at radius 2 is 2.10 bits per heavy atom. The van der Waals surface area contributed by atoms with Crippen molar-refractivity contribution in [1.82, 2.24) is 9.55 Å². The minimum atomic E-state index is -0.468. The van der Waals surface area contributed by atoms with E-state index in [0.29, 0.717) is 30.1 Å². The van der Waals surface area contributed by atoms with Gasteiger partial charge in [0.25, 0.3) is 0 Å². The maximum absolute atomic E-state index is 13.7. The van der Waals surface area contributed by atoms with E-state index in [1.165, 1.54) is 13.2 Å². The average molecular weight is 283 g/mol. The van der Waals surface area contributed by atoms with Crippen molar-refractivity contribution in [3.05, 3.63) is 17.9 Å². The Balaban J connectivity index is 2.44. The second-order valence-corrected chi connectivity index (χ2v) is 4.37. The van der Waals surface area contributed by atoms with Crippen molar-refractivity contribution in [2.45, 2.75) is 12.6 Å². The maximum Gasteiger partial charge on any atom is 0.201 e. The largest absolute Gasteiger partial charge is 0.494 e. The van der Waals surface area contributed by atoms with Crippen LogP contribution in [0.3, 0.4) is 0 Å². The fraction of sp³-hybridized carbons (Fsp3) is 0.462. The predicted molar refractivity (Wildman–Crippen MR) is 73.3 cm³/mol. The van der Waals surface area contributed by atoms with E-state index >= 15 is 0 Å². The first-order valence-corrected chi connectivity index (χ1v) is 6.11. The van der Waals surface area contributed by atoms with Gasteiger partial charge in [-0.05, 0) is 0 Å². The summed E-state index contributed by atoms with van der Waals surface area (Å²) in [6.07, 6.45) is -0.171. The summed E-state index contributed by atoms with van der Waals surface area (Å²) in [6.45, 7) is 0.884. The standard InChI is InChI=1S/C13H18FN3O3/c1-18-7-8(19-2)6-17-11-5-12(20-3)9(14)4-10(11)16-13(17)15/h4-5,8H,6-7H2,1-3H3,(H2,15,16). The molecule has 0 saturated carbocycles. The van der Waals surface area contributed by atoms with Gasteiger partial charge in [0.2, 0.25) is 5.95 Å². The van der Waals surface area contributed by atoms with Crippen molar-refractivity contribution in [3.8, 4) is 5.75 Å². The Hall–Kier alpha value is -1.86. The third kappa shape index (κ3) is 2.68. The molecule has 0 spiro atoms. The highest BCUT2D eigenvalue weighted by Gasteiger charge is 2.16. The summed E-state index contributed by atoms with van der Waals surface area (Å²) in [5.41, 5.74) is 7.06. The Morgan fingerprint density at radius 3 is 2.70 bits per heavy atom. The van der Waals surface area contributed by atoms with Crippen molar-refractivity contribution in [3.63, 3.8) is 0 Å². The monoisotopic (exact) mass is 283 g/mol. The van der Waals surface area contributed by atoms with Gasteiger partial charge >= 0.3 is 0 Å². The number of nitrogens with two attached hydrogens (primary N) is 1. The topological polar surface area (TPSA) is 71.5 Å². The Bertz CT molecular complexity index is 600. The SMILES string of the molecule is COCC(Cn1c(N)nc2cc(F)c(OC)cc21)OC. The first-order valence-electron chi connectivity index (χ1n) is 6.11. The van der Waals surface area contributed by atoms with Gasteiger partial charge in [0.1, 0.15) is 0 Å². The summed E-state index contributed by atoms with van der Waals surface area (Å²) in [5.74, 6) is -0.0185. The van der Waals surface area contributed by atoms with Gasteiger partial charge in [0, 0.05) is 26.4 Å². The number of hydrogen-bond donors (Lipinski definition) is 1. The van der Waals surface area contributed by atoms with Crippen LogP contribution < -0.4 is 10.5 Å². The molecule has 0 amide bonds. The highest BCUT2D eigenvalue weighted by molar-refractivity contribution is 5.80. The van der Waals surface area contributed by atoms with Gasteiger partial charge in [-0.25, -0.2) is 9.37 Å². The molecule has 0 aliphatic heterocycles. The van der Waals surface area contributed by atoms with Gasteiger partial charge in [0.05, 0.1) is 37.4 Å². The molecule has 1 heterocycles. The first-order chi connectivity index (χ1) is 9.60. The smallest absolute Gasteiger partial charge is 0.201 e. The summed E-state index contributed by atoms with van der Waals surface area (Å²) >= 11 is 0. The van der Waals surface area contributed by atoms with E-state index in [1.807, 2.05) is 0 Å². The lowest BCUT2D eigenvalue weighted by molar-refractivity contribution is 0.0193. The first kappa shape index (κ1) is 14.5. The van der Waals surface area contributed by atoms with Crippen LogP contribution in [-0.2, 0) is 16.0 Å². The zero-order chi connectivity index (χ0) is 14.7. The molecule has 0 aliphatic rings. The molecule has 20 heavy (non-hydrogen) atoms. The van der Waals surface area contributed by atoms with Gasteiger partial charge in [-0.15, -0.1) is 0 Å². The van der Waals surface area contributed by atoms with E-state index in [0.717, 1.165) is 0 Å². The Kier molecular flexibility index (Phi) is 4.41. The van der Waals surface area contributed by atoms with E-state index in [4.69, 9.17) is 19.9 Å². The molecule has 1 atom stereocenters. The molecule has 0 aliphatic carbocycles. The molecule has 110 valence electrons. The van der Waals surface area contributed by atoms with Gasteiger partial charge in [-0.2, -0.15) is 0 Å². The van der Waals surface area contributed by atoms with Crippen molar-refractivity contribution in [2.75, 3.05) is 33.7 Å². The molecule has 0 saturated heterocycles. The third-order valence-electron chi connectivity index (χ3n) is 3.12. The molecule has 2 N–H and O–H groups in total. The van der Waals surface area contributed by atoms with Crippen molar-refractivity contribution >= 4 is 17.0 Å². The van der Waals surface area contributed by atoms with E-state index in [-0.39, 0.29) is 11.9 Å². The number of imidazole rings is 1. The van der Waals surface area contributed by atoms with Crippen LogP contribution in [0, 0.1) is 5.82 Å². The third-order valence-corrected chi connectivity index (χ3v) is 3.12. The van der Waals surface area contributed by atoms with Crippen molar-refractivity contribution < 1.29 is 18.6 Å². The minimum absolute atomic E-state index is 0.152. The Morgan fingerprint density at radius 1 is 1.35 bits per heavy atom. The van der Waals surface area contributed by atoms with Crippen LogP contribution in [0.4, 0.5) is 10.3 Å². The summed E-state index contributed by atoms with van der Waals surface area (Å²) < 4.78 is 30.8. The number of benzene rings is 1. The lowest BCUT2D eigenvalue weighted by Crippen LogP contribution is -2.24. The van der Waals surface area contributed by atoms with Crippen LogP contribution in [0.2, 0.25) is 0 Å². The molecule has 1 unspecified atom stereocenters. The zero-order valence-electron chi connectivity index (χ0n) is 11.7. The predicted octanol–water partition coefficient (Wildman–Crippen LogP) is 1.43. The number of aromatic nitrogens is 2.